The molecule has 1 aromatic heterocycles. The van der Waals surface area contributed by atoms with Crippen LogP contribution >= 0.6 is 11.3 Å². The lowest BCUT2D eigenvalue weighted by atomic mass is 9.86. The van der Waals surface area contributed by atoms with Gasteiger partial charge < -0.3 is 9.64 Å². The molecule has 1 atom stereocenters. The number of likely N-dealkylation sites (tertiary alicyclic amines) is 1. The van der Waals surface area contributed by atoms with E-state index in [2.05, 4.69) is 0 Å². The minimum Gasteiger partial charge on any atom is -0.464 e. The normalized spacial score (nSPS) is 23.1. The van der Waals surface area contributed by atoms with Gasteiger partial charge in [0.25, 0.3) is 5.91 Å². The molecule has 0 spiro atoms. The summed E-state index contributed by atoms with van der Waals surface area (Å²) in [5.74, 6) is -0.391. The van der Waals surface area contributed by atoms with Crippen LogP contribution in [0.4, 0.5) is 0 Å². The van der Waals surface area contributed by atoms with E-state index >= 15 is 0 Å². The number of thiophene rings is 1. The summed E-state index contributed by atoms with van der Waals surface area (Å²) in [4.78, 5) is 26.2. The van der Waals surface area contributed by atoms with Crippen LogP contribution in [0.15, 0.2) is 17.5 Å². The third kappa shape index (κ3) is 1.95. The molecule has 2 heterocycles. The van der Waals surface area contributed by atoms with Gasteiger partial charge in [-0.3, -0.25) is 4.79 Å². The Kier molecular flexibility index (Phi) is 3.19. The highest BCUT2D eigenvalue weighted by molar-refractivity contribution is 7.12. The number of rotatable bonds is 3. The van der Waals surface area contributed by atoms with Crippen LogP contribution in [-0.2, 0) is 9.53 Å². The van der Waals surface area contributed by atoms with Crippen molar-refractivity contribution in [1.29, 1.82) is 0 Å². The molecule has 1 saturated heterocycles. The SMILES string of the molecule is CCOC(=O)C1(C)CCN1C(=O)c1cccs1. The lowest BCUT2D eigenvalue weighted by Gasteiger charge is -2.47. The number of carbonyl (C=O) groups is 2. The van der Waals surface area contributed by atoms with E-state index in [0.717, 1.165) is 0 Å². The predicted octanol–water partition coefficient (Wildman–Crippen LogP) is 1.92. The Bertz CT molecular complexity index is 429. The fourth-order valence-corrected chi connectivity index (χ4v) is 2.59. The van der Waals surface area contributed by atoms with Crippen molar-refractivity contribution in [2.45, 2.75) is 25.8 Å². The Morgan fingerprint density at radius 3 is 2.82 bits per heavy atom. The summed E-state index contributed by atoms with van der Waals surface area (Å²) in [5, 5.41) is 1.86. The highest BCUT2D eigenvalue weighted by Crippen LogP contribution is 2.33. The number of esters is 1. The van der Waals surface area contributed by atoms with E-state index in [4.69, 9.17) is 4.74 Å². The number of amides is 1. The molecule has 0 aliphatic carbocycles. The molecule has 0 saturated carbocycles. The van der Waals surface area contributed by atoms with Gasteiger partial charge in [0.15, 0.2) is 0 Å². The number of nitrogens with zero attached hydrogens (tertiary/aromatic N) is 1. The summed E-state index contributed by atoms with van der Waals surface area (Å²) in [7, 11) is 0. The average Bonchev–Trinajstić information content (AvgIpc) is 2.80. The second kappa shape index (κ2) is 4.49. The van der Waals surface area contributed by atoms with Crippen LogP contribution in [0, 0.1) is 0 Å². The zero-order valence-electron chi connectivity index (χ0n) is 9.93. The zero-order chi connectivity index (χ0) is 12.5. The molecular formula is C12H15NO3S. The Labute approximate surface area is 104 Å². The van der Waals surface area contributed by atoms with E-state index in [0.29, 0.717) is 24.4 Å². The quantitative estimate of drug-likeness (QED) is 0.773. The molecule has 1 unspecified atom stereocenters. The summed E-state index contributed by atoms with van der Waals surface area (Å²) in [6.45, 7) is 4.49. The van der Waals surface area contributed by atoms with Gasteiger partial charge in [-0.25, -0.2) is 4.79 Å². The minimum atomic E-state index is -0.781. The molecule has 4 nitrogen and oxygen atoms in total. The lowest BCUT2D eigenvalue weighted by molar-refractivity contribution is -0.162. The second-order valence-electron chi connectivity index (χ2n) is 4.18. The molecule has 1 aromatic rings. The monoisotopic (exact) mass is 253 g/mol. The molecule has 0 bridgehead atoms. The first-order chi connectivity index (χ1) is 8.09. The first-order valence-electron chi connectivity index (χ1n) is 5.62. The van der Waals surface area contributed by atoms with E-state index in [1.165, 1.54) is 11.3 Å². The van der Waals surface area contributed by atoms with E-state index < -0.39 is 5.54 Å². The van der Waals surface area contributed by atoms with E-state index in [1.807, 2.05) is 11.4 Å². The predicted molar refractivity (Wildman–Crippen MR) is 65.0 cm³/mol. The molecule has 17 heavy (non-hydrogen) atoms. The smallest absolute Gasteiger partial charge is 0.331 e. The maximum Gasteiger partial charge on any atom is 0.331 e. The molecular weight excluding hydrogens is 238 g/mol. The maximum absolute atomic E-state index is 12.1. The number of hydrogen-bond donors (Lipinski definition) is 0. The molecule has 1 aliphatic rings. The van der Waals surface area contributed by atoms with Crippen molar-refractivity contribution in [2.75, 3.05) is 13.2 Å². The van der Waals surface area contributed by atoms with Gasteiger partial charge in [0.1, 0.15) is 5.54 Å². The molecule has 0 N–H and O–H groups in total. The van der Waals surface area contributed by atoms with Crippen molar-refractivity contribution in [3.05, 3.63) is 22.4 Å². The van der Waals surface area contributed by atoms with Crippen molar-refractivity contribution in [3.63, 3.8) is 0 Å². The van der Waals surface area contributed by atoms with Gasteiger partial charge in [-0.1, -0.05) is 6.07 Å². The van der Waals surface area contributed by atoms with Crippen molar-refractivity contribution in [3.8, 4) is 0 Å². The van der Waals surface area contributed by atoms with Gasteiger partial charge in [-0.2, -0.15) is 0 Å². The minimum absolute atomic E-state index is 0.0817. The molecule has 5 heteroatoms. The number of ether oxygens (including phenoxy) is 1. The van der Waals surface area contributed by atoms with Crippen molar-refractivity contribution in [1.82, 2.24) is 4.90 Å². The Morgan fingerprint density at radius 2 is 2.35 bits per heavy atom. The van der Waals surface area contributed by atoms with Gasteiger partial charge in [0.2, 0.25) is 0 Å². The summed E-state index contributed by atoms with van der Waals surface area (Å²) in [5.41, 5.74) is -0.781. The number of carbonyl (C=O) groups excluding carboxylic acids is 2. The third-order valence-electron chi connectivity index (χ3n) is 3.11. The summed E-state index contributed by atoms with van der Waals surface area (Å²) in [6, 6.07) is 3.61. The highest BCUT2D eigenvalue weighted by Gasteiger charge is 2.50. The molecule has 0 aromatic carbocycles. The van der Waals surface area contributed by atoms with Crippen LogP contribution < -0.4 is 0 Å². The molecule has 0 radical (unpaired) electrons. The number of hydrogen-bond acceptors (Lipinski definition) is 4. The van der Waals surface area contributed by atoms with Crippen LogP contribution in [0.3, 0.4) is 0 Å². The second-order valence-corrected chi connectivity index (χ2v) is 5.13. The van der Waals surface area contributed by atoms with Crippen molar-refractivity contribution >= 4 is 23.2 Å². The first-order valence-corrected chi connectivity index (χ1v) is 6.50. The van der Waals surface area contributed by atoms with Gasteiger partial charge in [-0.05, 0) is 31.7 Å². The highest BCUT2D eigenvalue weighted by atomic mass is 32.1. The van der Waals surface area contributed by atoms with E-state index in [-0.39, 0.29) is 11.9 Å². The Hall–Kier alpha value is -1.36. The fourth-order valence-electron chi connectivity index (χ4n) is 1.92. The fraction of sp³-hybridized carbons (Fsp3) is 0.500. The summed E-state index contributed by atoms with van der Waals surface area (Å²) >= 11 is 1.39. The summed E-state index contributed by atoms with van der Waals surface area (Å²) in [6.07, 6.45) is 0.670. The van der Waals surface area contributed by atoms with E-state index in [9.17, 15) is 9.59 Å². The van der Waals surface area contributed by atoms with Gasteiger partial charge in [-0.15, -0.1) is 11.3 Å². The van der Waals surface area contributed by atoms with Crippen molar-refractivity contribution in [2.24, 2.45) is 0 Å². The largest absolute Gasteiger partial charge is 0.464 e. The van der Waals surface area contributed by atoms with Crippen LogP contribution in [0.2, 0.25) is 0 Å². The van der Waals surface area contributed by atoms with Crippen LogP contribution in [-0.4, -0.2) is 35.5 Å². The Morgan fingerprint density at radius 1 is 1.59 bits per heavy atom. The third-order valence-corrected chi connectivity index (χ3v) is 3.97. The lowest BCUT2D eigenvalue weighted by Crippen LogP contribution is -2.65. The topological polar surface area (TPSA) is 46.6 Å². The van der Waals surface area contributed by atoms with Crippen molar-refractivity contribution < 1.29 is 14.3 Å². The van der Waals surface area contributed by atoms with Crippen LogP contribution in [0.5, 0.6) is 0 Å². The average molecular weight is 253 g/mol. The van der Waals surface area contributed by atoms with Crippen LogP contribution in [0.1, 0.15) is 29.9 Å². The molecule has 1 aliphatic heterocycles. The first kappa shape index (κ1) is 12.1. The summed E-state index contributed by atoms with van der Waals surface area (Å²) < 4.78 is 5.02. The maximum atomic E-state index is 12.1. The van der Waals surface area contributed by atoms with Crippen LogP contribution in [0.25, 0.3) is 0 Å². The molecule has 1 amide bonds. The standard InChI is InChI=1S/C12H15NO3S/c1-3-16-11(15)12(2)6-7-13(12)10(14)9-5-4-8-17-9/h4-5,8H,3,6-7H2,1-2H3. The molecule has 2 rings (SSSR count). The molecule has 1 fully saturated rings. The van der Waals surface area contributed by atoms with Gasteiger partial charge in [0.05, 0.1) is 11.5 Å². The van der Waals surface area contributed by atoms with Gasteiger partial charge in [0, 0.05) is 6.54 Å². The molecule has 92 valence electrons. The van der Waals surface area contributed by atoms with E-state index in [1.54, 1.807) is 24.8 Å². The van der Waals surface area contributed by atoms with Gasteiger partial charge >= 0.3 is 5.97 Å². The Balaban J connectivity index is 2.13. The zero-order valence-corrected chi connectivity index (χ0v) is 10.8.